The van der Waals surface area contributed by atoms with Crippen LogP contribution in [0.25, 0.3) is 32.7 Å². The summed E-state index contributed by atoms with van der Waals surface area (Å²) in [6.07, 6.45) is 5.31. The molecule has 0 aliphatic carbocycles. The van der Waals surface area contributed by atoms with Crippen molar-refractivity contribution >= 4 is 87.1 Å². The number of aryl methyl sites for hydroxylation is 3. The van der Waals surface area contributed by atoms with Gasteiger partial charge in [-0.2, -0.15) is 15.8 Å². The maximum atomic E-state index is 9.70. The molecule has 0 saturated carbocycles. The Morgan fingerprint density at radius 1 is 0.458 bits per heavy atom. The lowest BCUT2D eigenvalue weighted by Gasteiger charge is -2.51. The van der Waals surface area contributed by atoms with Crippen LogP contribution in [0, 0.1) is 54.8 Å². The maximum Gasteiger partial charge on any atom is 0.374 e. The number of nitriles is 3. The third-order valence-corrected chi connectivity index (χ3v) is 25.8. The molecule has 29 heteroatoms. The largest absolute Gasteiger partial charge is 0.437 e. The number of fused-ring (bicyclic) bond motifs is 6. The van der Waals surface area contributed by atoms with Crippen molar-refractivity contribution in [1.29, 1.82) is 15.8 Å². The summed E-state index contributed by atoms with van der Waals surface area (Å²) in [6, 6.07) is 46.6. The number of halogens is 1. The Morgan fingerprint density at radius 3 is 1.12 bits per heavy atom. The topological polar surface area (TPSA) is 287 Å². The number of piperazine rings is 6. The first-order chi connectivity index (χ1) is 56.7. The highest BCUT2D eigenvalue weighted by atomic mass is 35.5. The first-order valence-electron chi connectivity index (χ1n) is 42.2. The van der Waals surface area contributed by atoms with Gasteiger partial charge in [-0.15, -0.1) is 0 Å². The van der Waals surface area contributed by atoms with Gasteiger partial charge in [-0.25, -0.2) is 15.0 Å². The Hall–Kier alpha value is -9.25. The number of anilines is 5. The zero-order chi connectivity index (χ0) is 82.9. The molecular formula is C89H115B2ClN24O2. The lowest BCUT2D eigenvalue weighted by molar-refractivity contribution is 0.0316. The maximum absolute atomic E-state index is 9.70. The Labute approximate surface area is 701 Å². The van der Waals surface area contributed by atoms with Crippen LogP contribution in [0.3, 0.4) is 0 Å². The number of hydrogen-bond donors (Lipinski definition) is 6. The van der Waals surface area contributed by atoms with E-state index < -0.39 is 14.1 Å². The van der Waals surface area contributed by atoms with Crippen LogP contribution in [0.15, 0.2) is 128 Å². The first-order valence-corrected chi connectivity index (χ1v) is 42.6. The molecule has 7 N–H and O–H groups in total. The lowest BCUT2D eigenvalue weighted by atomic mass is 9.79. The molecule has 118 heavy (non-hydrogen) atoms. The summed E-state index contributed by atoms with van der Waals surface area (Å²) in [4.78, 5) is 55.5. The minimum Gasteiger partial charge on any atom is -0.437 e. The van der Waals surface area contributed by atoms with E-state index in [0.29, 0.717) is 58.1 Å². The van der Waals surface area contributed by atoms with Gasteiger partial charge in [0.15, 0.2) is 0 Å². The number of nitrogens with one attached hydrogen (secondary N) is 3. The second-order valence-electron chi connectivity index (χ2n) is 35.5. The standard InChI is InChI=1S/C30H39BN8O.C29H36N8.C25H27ClN6.C5H13BN2O/c1-21-15-37(27-9-7-23(14-32)29-26(27)6-5-11-33-29)18-25-17-36(12-13-39(21)25)16-24-8-10-28(34-22(24)2)38-19-30(3,20-38)35-31(4)40;1-20-14-35(26-8-6-22(13-30)28-25(26)5-4-10-32-28)17-24-16-34(11-12-37(20)24)15-23-7-9-27(33-21(23)2)36-18-29(3,31)19-36;1-17-13-31(23-7-5-19(12-27)25-22(23)4-3-9-28-25)16-21-15-30(10-11-32(17)21)14-20-6-8-24(26)29-18(20)2;1-5(3-7-4-5)8-6(2)9/h5-11,21,25,35,40H,12-13,15-20H2,1-4H3;4-10,20,24H,11-12,14-19,31H2,1-3H3;3-9,17,21H,10-11,13-16H2,1-2H3;7-9H,3-4H2,1-2H3/t21-,25+;20-,24+;17-,21+;/m111./s1. The monoisotopic (exact) mass is 1610 g/mol. The van der Waals surface area contributed by atoms with E-state index in [1.54, 1.807) is 32.2 Å². The predicted octanol–water partition coefficient (Wildman–Crippen LogP) is 8.13. The second-order valence-corrected chi connectivity index (χ2v) is 35.9. The number of benzene rings is 3. The van der Waals surface area contributed by atoms with Crippen molar-refractivity contribution in [2.45, 2.75) is 148 Å². The van der Waals surface area contributed by atoms with Gasteiger partial charge in [0.1, 0.15) is 35.0 Å². The van der Waals surface area contributed by atoms with Gasteiger partial charge < -0.3 is 56.1 Å². The second kappa shape index (κ2) is 35.6. The van der Waals surface area contributed by atoms with Crippen LogP contribution >= 0.6 is 11.6 Å². The van der Waals surface area contributed by atoms with Crippen molar-refractivity contribution in [2.24, 2.45) is 5.73 Å². The van der Waals surface area contributed by atoms with E-state index >= 15 is 0 Å². The summed E-state index contributed by atoms with van der Waals surface area (Å²) in [7, 11) is -0.901. The number of aromatic nitrogens is 6. The summed E-state index contributed by atoms with van der Waals surface area (Å²) in [5.74, 6) is 2.05. The van der Waals surface area contributed by atoms with Crippen LogP contribution in [0.4, 0.5) is 28.7 Å². The summed E-state index contributed by atoms with van der Waals surface area (Å²) < 4.78 is 0. The van der Waals surface area contributed by atoms with E-state index in [9.17, 15) is 20.8 Å². The molecule has 0 unspecified atom stereocenters. The van der Waals surface area contributed by atoms with Crippen molar-refractivity contribution in [3.8, 4) is 18.2 Å². The Balaban J connectivity index is 0.000000132. The smallest absolute Gasteiger partial charge is 0.374 e. The van der Waals surface area contributed by atoms with Crippen LogP contribution < -0.4 is 46.0 Å². The molecular weight excluding hydrogens is 1490 g/mol. The first kappa shape index (κ1) is 83.8. The number of rotatable bonds is 15. The molecule has 26 nitrogen and oxygen atoms in total. The molecule has 0 bridgehead atoms. The van der Waals surface area contributed by atoms with Gasteiger partial charge in [-0.3, -0.25) is 44.4 Å². The Bertz CT molecular complexity index is 5210. The van der Waals surface area contributed by atoms with Crippen LogP contribution in [-0.2, 0) is 19.6 Å². The molecule has 9 fully saturated rings. The normalized spacial score (nSPS) is 23.0. The van der Waals surface area contributed by atoms with Gasteiger partial charge in [0.05, 0.1) is 33.2 Å². The van der Waals surface area contributed by atoms with Crippen LogP contribution in [0.1, 0.15) is 92.0 Å². The molecule has 6 aromatic heterocycles. The van der Waals surface area contributed by atoms with E-state index in [4.69, 9.17) is 32.3 Å². The van der Waals surface area contributed by atoms with Gasteiger partial charge in [0.2, 0.25) is 0 Å². The van der Waals surface area contributed by atoms with E-state index in [0.717, 1.165) is 219 Å². The van der Waals surface area contributed by atoms with Gasteiger partial charge >= 0.3 is 14.1 Å². The van der Waals surface area contributed by atoms with Crippen LogP contribution in [-0.4, -0.2) is 274 Å². The number of pyridine rings is 6. The fourth-order valence-corrected chi connectivity index (χ4v) is 20.0. The van der Waals surface area contributed by atoms with Gasteiger partial charge in [0.25, 0.3) is 0 Å². The minimum atomic E-state index is -0.510. The van der Waals surface area contributed by atoms with E-state index in [1.165, 1.54) is 33.8 Å². The highest BCUT2D eigenvalue weighted by molar-refractivity contribution is 6.46. The summed E-state index contributed by atoms with van der Waals surface area (Å²) >= 11 is 6.04. The predicted molar refractivity (Wildman–Crippen MR) is 474 cm³/mol. The molecule has 3 aromatic carbocycles. The molecule has 15 heterocycles. The van der Waals surface area contributed by atoms with Crippen molar-refractivity contribution in [3.63, 3.8) is 0 Å². The van der Waals surface area contributed by atoms with Gasteiger partial charge in [0, 0.05) is 279 Å². The number of nitrogens with two attached hydrogens (primary N) is 1. The minimum absolute atomic E-state index is 0.0757. The molecule has 9 aromatic rings. The average molecular weight is 1610 g/mol. The fraction of sp³-hybridized carbons (Fsp3) is 0.494. The zero-order valence-corrected chi connectivity index (χ0v) is 71.3. The molecule has 18 rings (SSSR count). The third-order valence-electron chi connectivity index (χ3n) is 25.6. The molecule has 616 valence electrons. The van der Waals surface area contributed by atoms with Crippen LogP contribution in [0.5, 0.6) is 0 Å². The van der Waals surface area contributed by atoms with Crippen LogP contribution in [0.2, 0.25) is 18.8 Å². The highest BCUT2D eigenvalue weighted by Gasteiger charge is 2.44. The third kappa shape index (κ3) is 18.7. The Morgan fingerprint density at radius 2 is 0.805 bits per heavy atom. The zero-order valence-electron chi connectivity index (χ0n) is 70.5. The molecule has 0 radical (unpaired) electrons. The highest BCUT2D eigenvalue weighted by Crippen LogP contribution is 2.38. The van der Waals surface area contributed by atoms with Gasteiger partial charge in [-0.05, 0) is 184 Å². The summed E-state index contributed by atoms with van der Waals surface area (Å²) in [5, 5.41) is 60.4. The Kier molecular flexibility index (Phi) is 25.3. The molecule has 0 spiro atoms. The lowest BCUT2D eigenvalue weighted by Crippen LogP contribution is -2.70. The van der Waals surface area contributed by atoms with E-state index in [2.05, 4.69) is 230 Å². The van der Waals surface area contributed by atoms with Crippen molar-refractivity contribution in [2.75, 3.05) is 162 Å². The van der Waals surface area contributed by atoms with E-state index in [1.807, 2.05) is 49.4 Å². The quantitative estimate of drug-likeness (QED) is 0.0417. The SMILES string of the molecule is CB(O)NC1(C)CN(c2ccc(CN3CCN4[C@@H](C3)CN(c3ccc(C#N)c5ncccc35)C[C@H]4C)c(C)n2)C1.CB(O)NC1(C)CNC1.Cc1nc(Cl)ccc1CN1CCN2[C@@H](C1)CN(c1ccc(C#N)c3ncccc13)C[C@H]2C.Cc1nc(N2CC(C)(N)C2)ccc1CN1CCN2[C@@H](C1)CN(c1ccc(C#N)c3ncccc13)C[C@H]2C. The average Bonchev–Trinajstić information content (AvgIpc) is 0.777. The van der Waals surface area contributed by atoms with E-state index in [-0.39, 0.29) is 16.6 Å². The number of hydrogen-bond acceptors (Lipinski definition) is 26. The molecule has 9 saturated heterocycles. The molecule has 6 atom stereocenters. The fourth-order valence-electron chi connectivity index (χ4n) is 19.8. The van der Waals surface area contributed by atoms with Crippen molar-refractivity contribution in [3.05, 3.63) is 183 Å². The molecule has 9 aliphatic heterocycles. The molecule has 9 aliphatic rings. The van der Waals surface area contributed by atoms with Crippen molar-refractivity contribution in [1.82, 2.24) is 75.1 Å². The van der Waals surface area contributed by atoms with Crippen molar-refractivity contribution < 1.29 is 10.0 Å². The van der Waals surface area contributed by atoms with Gasteiger partial charge in [-0.1, -0.05) is 29.8 Å². The summed E-state index contributed by atoms with van der Waals surface area (Å²) in [6.45, 7) is 46.5. The molecule has 0 amide bonds. The number of nitrogens with zero attached hydrogens (tertiary/aromatic N) is 20. The summed E-state index contributed by atoms with van der Waals surface area (Å²) in [5.41, 5.74) is 21.0.